The van der Waals surface area contributed by atoms with Crippen molar-refractivity contribution in [2.45, 2.75) is 32.4 Å². The molecule has 0 aliphatic carbocycles. The minimum atomic E-state index is 0.686. The summed E-state index contributed by atoms with van der Waals surface area (Å²) in [6.45, 7) is 6.81. The Balaban J connectivity index is 1.92. The maximum atomic E-state index is 6.08. The van der Waals surface area contributed by atoms with Gasteiger partial charge < -0.3 is 10.6 Å². The zero-order valence-corrected chi connectivity index (χ0v) is 13.5. The third-order valence-electron chi connectivity index (χ3n) is 4.16. The van der Waals surface area contributed by atoms with Crippen molar-refractivity contribution in [2.24, 2.45) is 0 Å². The number of hydrogen-bond donors (Lipinski definition) is 1. The topological polar surface area (TPSA) is 32.5 Å². The van der Waals surface area contributed by atoms with Gasteiger partial charge in [0, 0.05) is 22.7 Å². The van der Waals surface area contributed by atoms with Crippen molar-refractivity contribution in [2.75, 3.05) is 32.4 Å². The molecule has 0 atom stereocenters. The molecule has 1 aromatic carbocycles. The zero-order chi connectivity index (χ0) is 13.8. The molecule has 0 amide bonds. The summed E-state index contributed by atoms with van der Waals surface area (Å²) >= 11 is 3.45. The standard InChI is InChI=1S/C15H24BrN3/c1-3-19-8-6-14(7-9-19)18(2)11-12-4-5-13(16)10-15(12)17/h4-5,10,14H,3,6-9,11,17H2,1-2H3. The molecule has 2 rings (SSSR count). The van der Waals surface area contributed by atoms with Crippen LogP contribution in [0.3, 0.4) is 0 Å². The summed E-state index contributed by atoms with van der Waals surface area (Å²) in [5.74, 6) is 0. The number of rotatable bonds is 4. The van der Waals surface area contributed by atoms with E-state index in [4.69, 9.17) is 5.73 Å². The first-order valence-corrected chi connectivity index (χ1v) is 7.86. The van der Waals surface area contributed by atoms with Crippen LogP contribution in [0.4, 0.5) is 5.69 Å². The first-order chi connectivity index (χ1) is 9.10. The van der Waals surface area contributed by atoms with Crippen LogP contribution in [0.25, 0.3) is 0 Å². The number of hydrogen-bond acceptors (Lipinski definition) is 3. The Hall–Kier alpha value is -0.580. The SMILES string of the molecule is CCN1CCC(N(C)Cc2ccc(Br)cc2N)CC1. The Morgan fingerprint density at radius 3 is 2.63 bits per heavy atom. The third kappa shape index (κ3) is 3.94. The molecular weight excluding hydrogens is 302 g/mol. The molecule has 1 aliphatic rings. The predicted octanol–water partition coefficient (Wildman–Crippen LogP) is 2.95. The molecule has 1 aliphatic heterocycles. The molecule has 19 heavy (non-hydrogen) atoms. The van der Waals surface area contributed by atoms with Crippen LogP contribution in [0.5, 0.6) is 0 Å². The van der Waals surface area contributed by atoms with E-state index in [1.807, 2.05) is 6.07 Å². The largest absolute Gasteiger partial charge is 0.398 e. The van der Waals surface area contributed by atoms with Crippen LogP contribution in [0, 0.1) is 0 Å². The predicted molar refractivity (Wildman–Crippen MR) is 85.2 cm³/mol. The fraction of sp³-hybridized carbons (Fsp3) is 0.600. The van der Waals surface area contributed by atoms with E-state index in [2.05, 4.69) is 51.8 Å². The first kappa shape index (κ1) is 14.8. The summed E-state index contributed by atoms with van der Waals surface area (Å²) in [6.07, 6.45) is 2.53. The molecule has 0 bridgehead atoms. The second-order valence-corrected chi connectivity index (χ2v) is 6.34. The highest BCUT2D eigenvalue weighted by molar-refractivity contribution is 9.10. The number of anilines is 1. The van der Waals surface area contributed by atoms with Gasteiger partial charge in [0.15, 0.2) is 0 Å². The molecule has 1 heterocycles. The molecule has 3 nitrogen and oxygen atoms in total. The molecule has 0 saturated carbocycles. The minimum absolute atomic E-state index is 0.686. The van der Waals surface area contributed by atoms with Crippen molar-refractivity contribution in [1.82, 2.24) is 9.80 Å². The lowest BCUT2D eigenvalue weighted by molar-refractivity contribution is 0.127. The quantitative estimate of drug-likeness (QED) is 0.864. The summed E-state index contributed by atoms with van der Waals surface area (Å²) < 4.78 is 1.05. The molecule has 0 radical (unpaired) electrons. The molecule has 0 spiro atoms. The Bertz CT molecular complexity index is 414. The van der Waals surface area contributed by atoms with Crippen LogP contribution >= 0.6 is 15.9 Å². The van der Waals surface area contributed by atoms with E-state index in [-0.39, 0.29) is 0 Å². The summed E-state index contributed by atoms with van der Waals surface area (Å²) in [7, 11) is 2.22. The first-order valence-electron chi connectivity index (χ1n) is 7.06. The minimum Gasteiger partial charge on any atom is -0.398 e. The third-order valence-corrected chi connectivity index (χ3v) is 4.65. The molecular formula is C15H24BrN3. The summed E-state index contributed by atoms with van der Waals surface area (Å²) in [4.78, 5) is 4.98. The number of nitrogen functional groups attached to an aromatic ring is 1. The van der Waals surface area contributed by atoms with Gasteiger partial charge in [-0.15, -0.1) is 0 Å². The van der Waals surface area contributed by atoms with Gasteiger partial charge >= 0.3 is 0 Å². The number of benzene rings is 1. The van der Waals surface area contributed by atoms with Crippen molar-refractivity contribution < 1.29 is 0 Å². The molecule has 106 valence electrons. The van der Waals surface area contributed by atoms with Gasteiger partial charge in [-0.25, -0.2) is 0 Å². The van der Waals surface area contributed by atoms with Crippen LogP contribution in [0.1, 0.15) is 25.3 Å². The van der Waals surface area contributed by atoms with Crippen molar-refractivity contribution in [3.8, 4) is 0 Å². The number of halogens is 1. The average Bonchev–Trinajstić information content (AvgIpc) is 2.42. The highest BCUT2D eigenvalue weighted by atomic mass is 79.9. The van der Waals surface area contributed by atoms with Gasteiger partial charge in [0.05, 0.1) is 0 Å². The normalized spacial score (nSPS) is 18.1. The van der Waals surface area contributed by atoms with Crippen LogP contribution in [-0.2, 0) is 6.54 Å². The molecule has 2 N–H and O–H groups in total. The van der Waals surface area contributed by atoms with Gasteiger partial charge in [0.2, 0.25) is 0 Å². The maximum Gasteiger partial charge on any atom is 0.0371 e. The molecule has 4 heteroatoms. The Morgan fingerprint density at radius 1 is 1.37 bits per heavy atom. The molecule has 0 unspecified atom stereocenters. The molecule has 1 saturated heterocycles. The summed E-state index contributed by atoms with van der Waals surface area (Å²) in [5.41, 5.74) is 8.19. The van der Waals surface area contributed by atoms with E-state index in [1.54, 1.807) is 0 Å². The number of likely N-dealkylation sites (tertiary alicyclic amines) is 1. The van der Waals surface area contributed by atoms with Gasteiger partial charge in [-0.1, -0.05) is 28.9 Å². The average molecular weight is 326 g/mol. The Morgan fingerprint density at radius 2 is 2.05 bits per heavy atom. The highest BCUT2D eigenvalue weighted by Gasteiger charge is 2.21. The van der Waals surface area contributed by atoms with E-state index in [0.29, 0.717) is 6.04 Å². The van der Waals surface area contributed by atoms with Crippen LogP contribution in [0.2, 0.25) is 0 Å². The second-order valence-electron chi connectivity index (χ2n) is 5.42. The summed E-state index contributed by atoms with van der Waals surface area (Å²) in [6, 6.07) is 6.87. The van der Waals surface area contributed by atoms with Crippen LogP contribution in [0.15, 0.2) is 22.7 Å². The zero-order valence-electron chi connectivity index (χ0n) is 11.9. The second kappa shape index (κ2) is 6.73. The van der Waals surface area contributed by atoms with Crippen molar-refractivity contribution in [3.63, 3.8) is 0 Å². The van der Waals surface area contributed by atoms with Crippen LogP contribution in [-0.4, -0.2) is 42.5 Å². The lowest BCUT2D eigenvalue weighted by Gasteiger charge is -2.36. The van der Waals surface area contributed by atoms with Crippen LogP contribution < -0.4 is 5.73 Å². The van der Waals surface area contributed by atoms with E-state index in [1.165, 1.54) is 38.0 Å². The van der Waals surface area contributed by atoms with E-state index in [0.717, 1.165) is 16.7 Å². The number of piperidine rings is 1. The van der Waals surface area contributed by atoms with E-state index in [9.17, 15) is 0 Å². The van der Waals surface area contributed by atoms with Crippen molar-refractivity contribution in [1.29, 1.82) is 0 Å². The van der Waals surface area contributed by atoms with Crippen molar-refractivity contribution >= 4 is 21.6 Å². The molecule has 0 aromatic heterocycles. The highest BCUT2D eigenvalue weighted by Crippen LogP contribution is 2.22. The van der Waals surface area contributed by atoms with E-state index >= 15 is 0 Å². The molecule has 1 fully saturated rings. The van der Waals surface area contributed by atoms with Gasteiger partial charge in [-0.2, -0.15) is 0 Å². The maximum absolute atomic E-state index is 6.08. The lowest BCUT2D eigenvalue weighted by Crippen LogP contribution is -2.42. The number of nitrogens with two attached hydrogens (primary N) is 1. The Kier molecular flexibility index (Phi) is 5.25. The van der Waals surface area contributed by atoms with Gasteiger partial charge in [-0.3, -0.25) is 4.90 Å². The lowest BCUT2D eigenvalue weighted by atomic mass is 10.0. The van der Waals surface area contributed by atoms with Crippen molar-refractivity contribution in [3.05, 3.63) is 28.2 Å². The fourth-order valence-electron chi connectivity index (χ4n) is 2.78. The number of nitrogens with zero attached hydrogens (tertiary/aromatic N) is 2. The Labute approximate surface area is 124 Å². The van der Waals surface area contributed by atoms with Gasteiger partial charge in [-0.05, 0) is 57.2 Å². The summed E-state index contributed by atoms with van der Waals surface area (Å²) in [5, 5.41) is 0. The monoisotopic (exact) mass is 325 g/mol. The van der Waals surface area contributed by atoms with E-state index < -0.39 is 0 Å². The smallest absolute Gasteiger partial charge is 0.0371 e. The fourth-order valence-corrected chi connectivity index (χ4v) is 3.16. The molecule has 1 aromatic rings. The van der Waals surface area contributed by atoms with Gasteiger partial charge in [0.25, 0.3) is 0 Å². The van der Waals surface area contributed by atoms with Gasteiger partial charge in [0.1, 0.15) is 0 Å².